The van der Waals surface area contributed by atoms with Gasteiger partial charge in [-0.25, -0.2) is 8.42 Å². The van der Waals surface area contributed by atoms with Crippen LogP contribution in [0.4, 0.5) is 0 Å². The Kier molecular flexibility index (Phi) is 5.18. The van der Waals surface area contributed by atoms with Crippen molar-refractivity contribution in [2.24, 2.45) is 0 Å². The number of halogens is 1. The van der Waals surface area contributed by atoms with Crippen molar-refractivity contribution in [2.75, 3.05) is 29.3 Å². The second kappa shape index (κ2) is 6.23. The Labute approximate surface area is 116 Å². The molecule has 2 saturated heterocycles. The molecule has 2 heterocycles. The van der Waals surface area contributed by atoms with Gasteiger partial charge in [0.05, 0.1) is 6.10 Å². The molecule has 2 rings (SSSR count). The van der Waals surface area contributed by atoms with Crippen molar-refractivity contribution in [1.82, 2.24) is 4.31 Å². The van der Waals surface area contributed by atoms with Crippen molar-refractivity contribution < 1.29 is 13.2 Å². The normalized spacial score (nSPS) is 30.2. The molecule has 0 aliphatic carbocycles. The quantitative estimate of drug-likeness (QED) is 0.712. The van der Waals surface area contributed by atoms with E-state index in [0.29, 0.717) is 6.54 Å². The third-order valence-corrected chi connectivity index (χ3v) is 7.53. The molecule has 2 aliphatic rings. The van der Waals surface area contributed by atoms with Crippen LogP contribution in [0.5, 0.6) is 0 Å². The lowest BCUT2D eigenvalue weighted by Crippen LogP contribution is -2.45. The minimum Gasteiger partial charge on any atom is -0.377 e. The van der Waals surface area contributed by atoms with E-state index in [-0.39, 0.29) is 16.8 Å². The number of thioether (sulfide) groups is 1. The van der Waals surface area contributed by atoms with E-state index in [1.807, 2.05) is 11.8 Å². The van der Waals surface area contributed by atoms with E-state index in [2.05, 4.69) is 15.9 Å². The number of ether oxygens (including phenoxy) is 1. The molecule has 0 radical (unpaired) electrons. The van der Waals surface area contributed by atoms with E-state index in [1.54, 1.807) is 4.31 Å². The maximum Gasteiger partial charge on any atom is 0.224 e. The van der Waals surface area contributed by atoms with Crippen molar-refractivity contribution in [2.45, 2.75) is 31.4 Å². The van der Waals surface area contributed by atoms with Crippen molar-refractivity contribution in [3.05, 3.63) is 0 Å². The largest absolute Gasteiger partial charge is 0.377 e. The SMILES string of the molecule is O=S(=O)(CBr)N(CC1CCCO1)C1CCSC1. The van der Waals surface area contributed by atoms with Crippen molar-refractivity contribution >= 4 is 37.7 Å². The fraction of sp³-hybridized carbons (Fsp3) is 1.00. The smallest absolute Gasteiger partial charge is 0.224 e. The summed E-state index contributed by atoms with van der Waals surface area (Å²) in [6, 6.07) is 0.159. The highest BCUT2D eigenvalue weighted by Gasteiger charge is 2.34. The predicted molar refractivity (Wildman–Crippen MR) is 74.1 cm³/mol. The van der Waals surface area contributed by atoms with Crippen LogP contribution in [0.15, 0.2) is 0 Å². The number of nitrogens with zero attached hydrogens (tertiary/aromatic N) is 1. The Bertz CT molecular complexity index is 337. The molecule has 0 amide bonds. The number of hydrogen-bond acceptors (Lipinski definition) is 4. The molecular weight excluding hydrogens is 326 g/mol. The Balaban J connectivity index is 2.05. The highest BCUT2D eigenvalue weighted by Crippen LogP contribution is 2.27. The van der Waals surface area contributed by atoms with Crippen LogP contribution in [-0.4, -0.2) is 54.2 Å². The van der Waals surface area contributed by atoms with Gasteiger partial charge in [-0.05, 0) is 25.0 Å². The lowest BCUT2D eigenvalue weighted by Gasteiger charge is -2.28. The Morgan fingerprint density at radius 1 is 1.41 bits per heavy atom. The summed E-state index contributed by atoms with van der Waals surface area (Å²) >= 11 is 4.92. The van der Waals surface area contributed by atoms with E-state index in [4.69, 9.17) is 4.74 Å². The zero-order valence-corrected chi connectivity index (χ0v) is 12.9. The van der Waals surface area contributed by atoms with Crippen LogP contribution in [0.2, 0.25) is 0 Å². The molecule has 0 aromatic heterocycles. The fourth-order valence-corrected chi connectivity index (χ4v) is 5.55. The average Bonchev–Trinajstić information content (AvgIpc) is 2.98. The molecule has 0 N–H and O–H groups in total. The van der Waals surface area contributed by atoms with Gasteiger partial charge in [0.1, 0.15) is 4.66 Å². The first-order chi connectivity index (χ1) is 8.13. The van der Waals surface area contributed by atoms with E-state index in [0.717, 1.165) is 37.4 Å². The lowest BCUT2D eigenvalue weighted by atomic mass is 10.2. The number of rotatable bonds is 5. The van der Waals surface area contributed by atoms with Crippen LogP contribution < -0.4 is 0 Å². The van der Waals surface area contributed by atoms with Gasteiger partial charge in [-0.3, -0.25) is 0 Å². The number of hydrogen-bond donors (Lipinski definition) is 0. The first-order valence-electron chi connectivity index (χ1n) is 5.88. The predicted octanol–water partition coefficient (Wildman–Crippen LogP) is 1.66. The van der Waals surface area contributed by atoms with E-state index in [9.17, 15) is 8.42 Å². The van der Waals surface area contributed by atoms with Crippen LogP contribution in [-0.2, 0) is 14.8 Å². The van der Waals surface area contributed by atoms with Crippen LogP contribution in [0.25, 0.3) is 0 Å². The van der Waals surface area contributed by atoms with Gasteiger partial charge in [0, 0.05) is 24.9 Å². The molecule has 2 atom stereocenters. The molecule has 0 bridgehead atoms. The summed E-state index contributed by atoms with van der Waals surface area (Å²) in [4.78, 5) is 0. The molecule has 100 valence electrons. The molecule has 0 aromatic rings. The van der Waals surface area contributed by atoms with Gasteiger partial charge in [0.15, 0.2) is 0 Å². The average molecular weight is 344 g/mol. The summed E-state index contributed by atoms with van der Waals surface area (Å²) < 4.78 is 31.4. The molecule has 0 saturated carbocycles. The lowest BCUT2D eigenvalue weighted by molar-refractivity contribution is 0.0879. The summed E-state index contributed by atoms with van der Waals surface area (Å²) in [5, 5.41) is 0. The van der Waals surface area contributed by atoms with Gasteiger partial charge in [-0.1, -0.05) is 15.9 Å². The summed E-state index contributed by atoms with van der Waals surface area (Å²) in [6.45, 7) is 1.30. The standard InChI is InChI=1S/C10H18BrNO3S2/c11-8-17(13,14)12(9-3-5-16-7-9)6-10-2-1-4-15-10/h9-10H,1-8H2. The minimum atomic E-state index is -3.17. The number of sulfonamides is 1. The first-order valence-corrected chi connectivity index (χ1v) is 9.77. The second-order valence-electron chi connectivity index (χ2n) is 4.44. The van der Waals surface area contributed by atoms with Crippen molar-refractivity contribution in [1.29, 1.82) is 0 Å². The molecule has 0 spiro atoms. The molecule has 17 heavy (non-hydrogen) atoms. The van der Waals surface area contributed by atoms with E-state index in [1.165, 1.54) is 0 Å². The highest BCUT2D eigenvalue weighted by atomic mass is 79.9. The second-order valence-corrected chi connectivity index (χ2v) is 8.82. The molecular formula is C10H18BrNO3S2. The fourth-order valence-electron chi connectivity index (χ4n) is 2.29. The van der Waals surface area contributed by atoms with E-state index < -0.39 is 10.0 Å². The Morgan fingerprint density at radius 3 is 2.76 bits per heavy atom. The molecule has 4 nitrogen and oxygen atoms in total. The number of alkyl halides is 1. The molecule has 2 aliphatic heterocycles. The van der Waals surface area contributed by atoms with Crippen LogP contribution in [0, 0.1) is 0 Å². The van der Waals surface area contributed by atoms with Gasteiger partial charge in [-0.15, -0.1) is 0 Å². The summed E-state index contributed by atoms with van der Waals surface area (Å²) in [5.41, 5.74) is 0. The van der Waals surface area contributed by atoms with Crippen LogP contribution in [0.3, 0.4) is 0 Å². The zero-order chi connectivity index (χ0) is 12.3. The highest BCUT2D eigenvalue weighted by molar-refractivity contribution is 9.10. The first kappa shape index (κ1) is 14.1. The molecule has 7 heteroatoms. The van der Waals surface area contributed by atoms with Crippen LogP contribution in [0.1, 0.15) is 19.3 Å². The third-order valence-electron chi connectivity index (χ3n) is 3.22. The Morgan fingerprint density at radius 2 is 2.24 bits per heavy atom. The van der Waals surface area contributed by atoms with Gasteiger partial charge < -0.3 is 4.74 Å². The van der Waals surface area contributed by atoms with Gasteiger partial charge in [0.25, 0.3) is 0 Å². The van der Waals surface area contributed by atoms with Gasteiger partial charge in [0.2, 0.25) is 10.0 Å². The van der Waals surface area contributed by atoms with Gasteiger partial charge >= 0.3 is 0 Å². The molecule has 2 fully saturated rings. The van der Waals surface area contributed by atoms with Gasteiger partial charge in [-0.2, -0.15) is 16.1 Å². The summed E-state index contributed by atoms with van der Waals surface area (Å²) in [7, 11) is -3.17. The minimum absolute atomic E-state index is 0.00782. The third kappa shape index (κ3) is 3.59. The summed E-state index contributed by atoms with van der Waals surface area (Å²) in [6.07, 6.45) is 3.08. The zero-order valence-electron chi connectivity index (χ0n) is 9.68. The van der Waals surface area contributed by atoms with Crippen LogP contribution >= 0.6 is 27.7 Å². The van der Waals surface area contributed by atoms with Crippen molar-refractivity contribution in [3.8, 4) is 0 Å². The van der Waals surface area contributed by atoms with Crippen molar-refractivity contribution in [3.63, 3.8) is 0 Å². The summed E-state index contributed by atoms with van der Waals surface area (Å²) in [5.74, 6) is 1.98. The monoisotopic (exact) mass is 343 g/mol. The molecule has 0 aromatic carbocycles. The maximum atomic E-state index is 12.1. The van der Waals surface area contributed by atoms with E-state index >= 15 is 0 Å². The topological polar surface area (TPSA) is 46.6 Å². The molecule has 2 unspecified atom stereocenters. The Hall–Kier alpha value is 0.700. The maximum absolute atomic E-state index is 12.1.